The molecule has 0 spiro atoms. The third-order valence-electron chi connectivity index (χ3n) is 3.71. The molecular weight excluding hydrogens is 254 g/mol. The Bertz CT molecular complexity index is 649. The van der Waals surface area contributed by atoms with Crippen molar-refractivity contribution in [3.63, 3.8) is 0 Å². The number of pyridine rings is 1. The van der Waals surface area contributed by atoms with Crippen molar-refractivity contribution in [2.75, 3.05) is 31.1 Å². The highest BCUT2D eigenvalue weighted by atomic mass is 16.4. The van der Waals surface area contributed by atoms with Crippen LogP contribution in [-0.2, 0) is 0 Å². The minimum atomic E-state index is -0.833. The number of carbonyl (C=O) groups is 1. The van der Waals surface area contributed by atoms with Gasteiger partial charge in [0.1, 0.15) is 0 Å². The van der Waals surface area contributed by atoms with Crippen molar-refractivity contribution in [1.29, 1.82) is 0 Å². The van der Waals surface area contributed by atoms with E-state index in [-0.39, 0.29) is 0 Å². The Labute approximate surface area is 117 Å². The summed E-state index contributed by atoms with van der Waals surface area (Å²) >= 11 is 0. The summed E-state index contributed by atoms with van der Waals surface area (Å²) in [6, 6.07) is 10.2. The average Bonchev–Trinajstić information content (AvgIpc) is 2.46. The molecule has 0 bridgehead atoms. The fourth-order valence-electron chi connectivity index (χ4n) is 2.69. The van der Waals surface area contributed by atoms with Gasteiger partial charge in [0.25, 0.3) is 0 Å². The van der Waals surface area contributed by atoms with E-state index >= 15 is 0 Å². The molecule has 3 rings (SSSR count). The molecule has 1 aliphatic rings. The number of nitrogens with zero attached hydrogens (tertiary/aromatic N) is 3. The Morgan fingerprint density at radius 3 is 2.60 bits per heavy atom. The van der Waals surface area contributed by atoms with Gasteiger partial charge in [-0.05, 0) is 19.1 Å². The first-order valence-corrected chi connectivity index (χ1v) is 6.74. The second-order valence-corrected chi connectivity index (χ2v) is 5.06. The standard InChI is InChI=1S/C15H17N3O2/c1-11-10-14(12-4-2-3-5-13(12)16-11)17-6-8-18(9-7-17)15(19)20/h2-5,10H,6-9H2,1H3,(H,19,20). The number of aromatic nitrogens is 1. The molecule has 0 radical (unpaired) electrons. The minimum Gasteiger partial charge on any atom is -0.465 e. The van der Waals surface area contributed by atoms with Crippen LogP contribution in [0.15, 0.2) is 30.3 Å². The van der Waals surface area contributed by atoms with Crippen molar-refractivity contribution in [2.24, 2.45) is 0 Å². The first-order chi connectivity index (χ1) is 9.65. The Morgan fingerprint density at radius 1 is 1.20 bits per heavy atom. The zero-order chi connectivity index (χ0) is 14.1. The van der Waals surface area contributed by atoms with Gasteiger partial charge in [-0.3, -0.25) is 4.98 Å². The van der Waals surface area contributed by atoms with Gasteiger partial charge in [0.05, 0.1) is 5.52 Å². The highest BCUT2D eigenvalue weighted by molar-refractivity contribution is 5.92. The van der Waals surface area contributed by atoms with E-state index < -0.39 is 6.09 Å². The van der Waals surface area contributed by atoms with Crippen LogP contribution in [0, 0.1) is 6.92 Å². The van der Waals surface area contributed by atoms with Crippen molar-refractivity contribution in [3.05, 3.63) is 36.0 Å². The minimum absolute atomic E-state index is 0.547. The summed E-state index contributed by atoms with van der Waals surface area (Å²) in [4.78, 5) is 19.2. The van der Waals surface area contributed by atoms with E-state index in [4.69, 9.17) is 5.11 Å². The number of piperazine rings is 1. The van der Waals surface area contributed by atoms with Crippen LogP contribution in [0.3, 0.4) is 0 Å². The lowest BCUT2D eigenvalue weighted by Crippen LogP contribution is -2.48. The topological polar surface area (TPSA) is 56.7 Å². The van der Waals surface area contributed by atoms with Gasteiger partial charge in [-0.2, -0.15) is 0 Å². The molecule has 0 atom stereocenters. The van der Waals surface area contributed by atoms with E-state index in [1.54, 1.807) is 0 Å². The number of hydrogen-bond donors (Lipinski definition) is 1. The van der Waals surface area contributed by atoms with Crippen molar-refractivity contribution in [2.45, 2.75) is 6.92 Å². The predicted molar refractivity (Wildman–Crippen MR) is 78.3 cm³/mol. The normalized spacial score (nSPS) is 15.7. The van der Waals surface area contributed by atoms with Gasteiger partial charge in [0.2, 0.25) is 0 Å². The van der Waals surface area contributed by atoms with E-state index in [1.807, 2.05) is 25.1 Å². The maximum Gasteiger partial charge on any atom is 0.407 e. The maximum absolute atomic E-state index is 11.0. The summed E-state index contributed by atoms with van der Waals surface area (Å²) < 4.78 is 0. The number of fused-ring (bicyclic) bond motifs is 1. The van der Waals surface area contributed by atoms with E-state index in [9.17, 15) is 4.79 Å². The Kier molecular flexibility index (Phi) is 3.18. The van der Waals surface area contributed by atoms with Crippen LogP contribution in [0.2, 0.25) is 0 Å². The summed E-state index contributed by atoms with van der Waals surface area (Å²) in [7, 11) is 0. The van der Waals surface area contributed by atoms with Crippen molar-refractivity contribution >= 4 is 22.7 Å². The maximum atomic E-state index is 11.0. The summed E-state index contributed by atoms with van der Waals surface area (Å²) in [5.74, 6) is 0. The lowest BCUT2D eigenvalue weighted by Gasteiger charge is -2.35. The van der Waals surface area contributed by atoms with Gasteiger partial charge in [0, 0.05) is 42.9 Å². The van der Waals surface area contributed by atoms with Crippen molar-refractivity contribution < 1.29 is 9.90 Å². The SMILES string of the molecule is Cc1cc(N2CCN(C(=O)O)CC2)c2ccccc2n1. The molecule has 1 amide bonds. The molecule has 0 saturated carbocycles. The Morgan fingerprint density at radius 2 is 1.90 bits per heavy atom. The quantitative estimate of drug-likeness (QED) is 0.865. The highest BCUT2D eigenvalue weighted by Gasteiger charge is 2.21. The lowest BCUT2D eigenvalue weighted by molar-refractivity contribution is 0.142. The van der Waals surface area contributed by atoms with Gasteiger partial charge < -0.3 is 14.9 Å². The second-order valence-electron chi connectivity index (χ2n) is 5.06. The number of para-hydroxylation sites is 1. The third-order valence-corrected chi connectivity index (χ3v) is 3.71. The zero-order valence-electron chi connectivity index (χ0n) is 11.4. The molecule has 1 fully saturated rings. The molecule has 1 aromatic carbocycles. The molecule has 1 aromatic heterocycles. The van der Waals surface area contributed by atoms with E-state index in [0.717, 1.165) is 35.4 Å². The number of rotatable bonds is 1. The summed E-state index contributed by atoms with van der Waals surface area (Å²) in [5.41, 5.74) is 3.13. The predicted octanol–water partition coefficient (Wildman–Crippen LogP) is 2.34. The smallest absolute Gasteiger partial charge is 0.407 e. The molecular formula is C15H17N3O2. The van der Waals surface area contributed by atoms with Crippen LogP contribution in [0.4, 0.5) is 10.5 Å². The van der Waals surface area contributed by atoms with Gasteiger partial charge in [0.15, 0.2) is 0 Å². The molecule has 104 valence electrons. The fraction of sp³-hybridized carbons (Fsp3) is 0.333. The summed E-state index contributed by atoms with van der Waals surface area (Å²) in [6.07, 6.45) is -0.833. The number of benzene rings is 1. The number of carboxylic acid groups (broad SMARTS) is 1. The van der Waals surface area contributed by atoms with Gasteiger partial charge in [-0.1, -0.05) is 18.2 Å². The number of hydrogen-bond acceptors (Lipinski definition) is 3. The van der Waals surface area contributed by atoms with E-state index in [2.05, 4.69) is 22.0 Å². The van der Waals surface area contributed by atoms with Gasteiger partial charge in [-0.15, -0.1) is 0 Å². The van der Waals surface area contributed by atoms with Crippen LogP contribution in [0.25, 0.3) is 10.9 Å². The Hall–Kier alpha value is -2.30. The molecule has 1 aliphatic heterocycles. The molecule has 20 heavy (non-hydrogen) atoms. The molecule has 0 unspecified atom stereocenters. The summed E-state index contributed by atoms with van der Waals surface area (Å²) in [5, 5.41) is 10.1. The molecule has 5 heteroatoms. The highest BCUT2D eigenvalue weighted by Crippen LogP contribution is 2.27. The first kappa shape index (κ1) is 12.7. The number of aryl methyl sites for hydroxylation is 1. The monoisotopic (exact) mass is 271 g/mol. The molecule has 1 saturated heterocycles. The largest absolute Gasteiger partial charge is 0.465 e. The van der Waals surface area contributed by atoms with Crippen LogP contribution in [0.5, 0.6) is 0 Å². The van der Waals surface area contributed by atoms with Crippen LogP contribution >= 0.6 is 0 Å². The molecule has 2 aromatic rings. The zero-order valence-corrected chi connectivity index (χ0v) is 11.4. The number of amides is 1. The average molecular weight is 271 g/mol. The third kappa shape index (κ3) is 2.27. The van der Waals surface area contributed by atoms with Crippen molar-refractivity contribution in [3.8, 4) is 0 Å². The lowest BCUT2D eigenvalue weighted by atomic mass is 10.1. The van der Waals surface area contributed by atoms with Crippen LogP contribution in [-0.4, -0.2) is 47.3 Å². The molecule has 0 aliphatic carbocycles. The number of anilines is 1. The molecule has 1 N–H and O–H groups in total. The van der Waals surface area contributed by atoms with E-state index in [1.165, 1.54) is 4.90 Å². The van der Waals surface area contributed by atoms with Crippen LogP contribution < -0.4 is 4.90 Å². The fourth-order valence-corrected chi connectivity index (χ4v) is 2.69. The Balaban J connectivity index is 1.93. The molecule has 5 nitrogen and oxygen atoms in total. The van der Waals surface area contributed by atoms with Crippen LogP contribution in [0.1, 0.15) is 5.69 Å². The van der Waals surface area contributed by atoms with Gasteiger partial charge >= 0.3 is 6.09 Å². The van der Waals surface area contributed by atoms with Crippen molar-refractivity contribution in [1.82, 2.24) is 9.88 Å². The summed E-state index contributed by atoms with van der Waals surface area (Å²) in [6.45, 7) is 4.53. The first-order valence-electron chi connectivity index (χ1n) is 6.74. The van der Waals surface area contributed by atoms with E-state index in [0.29, 0.717) is 13.1 Å². The van der Waals surface area contributed by atoms with Gasteiger partial charge in [-0.25, -0.2) is 4.79 Å². The molecule has 2 heterocycles. The second kappa shape index (κ2) is 5.00.